The number of nitrogens with zero attached hydrogens (tertiary/aromatic N) is 1. The summed E-state index contributed by atoms with van der Waals surface area (Å²) in [7, 11) is 0. The van der Waals surface area contributed by atoms with Gasteiger partial charge in [0.25, 0.3) is 0 Å². The van der Waals surface area contributed by atoms with E-state index >= 15 is 0 Å². The molecule has 0 bridgehead atoms. The van der Waals surface area contributed by atoms with Crippen molar-refractivity contribution in [3.63, 3.8) is 0 Å². The topological polar surface area (TPSA) is 76.2 Å². The zero-order valence-electron chi connectivity index (χ0n) is 6.87. The lowest BCUT2D eigenvalue weighted by Crippen LogP contribution is -2.03. The van der Waals surface area contributed by atoms with Gasteiger partial charge in [-0.2, -0.15) is 4.37 Å². The van der Waals surface area contributed by atoms with Crippen molar-refractivity contribution in [1.82, 2.24) is 4.37 Å². The summed E-state index contributed by atoms with van der Waals surface area (Å²) >= 11 is 1.16. The average Bonchev–Trinajstić information content (AvgIpc) is 2.30. The van der Waals surface area contributed by atoms with Crippen molar-refractivity contribution < 1.29 is 9.90 Å². The van der Waals surface area contributed by atoms with E-state index in [1.54, 1.807) is 0 Å². The molecule has 0 aromatic carbocycles. The number of carboxylic acids is 1. The predicted octanol–water partition coefficient (Wildman–Crippen LogP) is 1.55. The predicted molar refractivity (Wildman–Crippen MR) is 47.6 cm³/mol. The summed E-state index contributed by atoms with van der Waals surface area (Å²) in [5.41, 5.74) is 5.56. The smallest absolute Gasteiger partial charge is 0.340 e. The molecule has 0 fully saturated rings. The molecule has 66 valence electrons. The maximum atomic E-state index is 10.7. The van der Waals surface area contributed by atoms with Gasteiger partial charge in [-0.05, 0) is 17.5 Å². The SMILES string of the molecule is CC(C)c1snc(N)c1C(=O)O. The molecule has 0 aliphatic rings. The summed E-state index contributed by atoms with van der Waals surface area (Å²) in [6.07, 6.45) is 0. The second-order valence-corrected chi connectivity index (χ2v) is 3.57. The zero-order valence-corrected chi connectivity index (χ0v) is 7.68. The van der Waals surface area contributed by atoms with E-state index in [0.717, 1.165) is 16.4 Å². The Labute approximate surface area is 74.2 Å². The van der Waals surface area contributed by atoms with Crippen LogP contribution in [0, 0.1) is 0 Å². The molecule has 1 aromatic rings. The molecule has 0 radical (unpaired) electrons. The third-order valence-corrected chi connectivity index (χ3v) is 2.64. The zero-order chi connectivity index (χ0) is 9.30. The minimum Gasteiger partial charge on any atom is -0.478 e. The van der Waals surface area contributed by atoms with Crippen LogP contribution in [-0.4, -0.2) is 15.4 Å². The van der Waals surface area contributed by atoms with Crippen LogP contribution in [0.5, 0.6) is 0 Å². The molecule has 0 spiro atoms. The maximum absolute atomic E-state index is 10.7. The molecule has 5 heteroatoms. The Hall–Kier alpha value is -1.10. The van der Waals surface area contributed by atoms with Crippen molar-refractivity contribution >= 4 is 23.3 Å². The first kappa shape index (κ1) is 8.99. The van der Waals surface area contributed by atoms with Crippen molar-refractivity contribution in [2.45, 2.75) is 19.8 Å². The number of hydrogen-bond acceptors (Lipinski definition) is 4. The monoisotopic (exact) mass is 186 g/mol. The molecule has 0 unspecified atom stereocenters. The lowest BCUT2D eigenvalue weighted by atomic mass is 10.1. The first-order chi connectivity index (χ1) is 5.54. The van der Waals surface area contributed by atoms with Crippen molar-refractivity contribution in [3.05, 3.63) is 10.4 Å². The Morgan fingerprint density at radius 1 is 1.67 bits per heavy atom. The fourth-order valence-electron chi connectivity index (χ4n) is 0.925. The summed E-state index contributed by atoms with van der Waals surface area (Å²) in [6.45, 7) is 3.83. The van der Waals surface area contributed by atoms with Gasteiger partial charge < -0.3 is 10.8 Å². The van der Waals surface area contributed by atoms with E-state index in [0.29, 0.717) is 0 Å². The lowest BCUT2D eigenvalue weighted by molar-refractivity contribution is 0.0697. The third-order valence-electron chi connectivity index (χ3n) is 1.48. The van der Waals surface area contributed by atoms with E-state index in [2.05, 4.69) is 4.37 Å². The molecule has 0 saturated heterocycles. The molecule has 0 atom stereocenters. The van der Waals surface area contributed by atoms with Crippen molar-refractivity contribution in [2.75, 3.05) is 5.73 Å². The van der Waals surface area contributed by atoms with E-state index in [1.807, 2.05) is 13.8 Å². The van der Waals surface area contributed by atoms with Crippen LogP contribution in [-0.2, 0) is 0 Å². The molecular formula is C7H10N2O2S. The molecule has 4 nitrogen and oxygen atoms in total. The van der Waals surface area contributed by atoms with Gasteiger partial charge in [-0.3, -0.25) is 0 Å². The molecule has 1 aromatic heterocycles. The second kappa shape index (κ2) is 3.10. The lowest BCUT2D eigenvalue weighted by Gasteiger charge is -2.00. The number of aromatic carboxylic acids is 1. The Morgan fingerprint density at radius 3 is 2.58 bits per heavy atom. The van der Waals surface area contributed by atoms with Gasteiger partial charge in [0.1, 0.15) is 5.56 Å². The van der Waals surface area contributed by atoms with Crippen LogP contribution >= 0.6 is 11.5 Å². The normalized spacial score (nSPS) is 10.6. The highest BCUT2D eigenvalue weighted by Crippen LogP contribution is 2.27. The molecule has 1 heterocycles. The second-order valence-electron chi connectivity index (χ2n) is 2.77. The number of carboxylic acid groups (broad SMARTS) is 1. The van der Waals surface area contributed by atoms with E-state index in [4.69, 9.17) is 10.8 Å². The molecule has 0 aliphatic heterocycles. The quantitative estimate of drug-likeness (QED) is 0.734. The van der Waals surface area contributed by atoms with Gasteiger partial charge in [-0.1, -0.05) is 13.8 Å². The summed E-state index contributed by atoms with van der Waals surface area (Å²) < 4.78 is 3.80. The summed E-state index contributed by atoms with van der Waals surface area (Å²) in [5.74, 6) is -0.716. The Morgan fingerprint density at radius 2 is 2.25 bits per heavy atom. The van der Waals surface area contributed by atoms with Gasteiger partial charge in [0.05, 0.1) is 0 Å². The summed E-state index contributed by atoms with van der Waals surface area (Å²) in [6, 6.07) is 0. The van der Waals surface area contributed by atoms with Crippen molar-refractivity contribution in [1.29, 1.82) is 0 Å². The van der Waals surface area contributed by atoms with Gasteiger partial charge in [0.15, 0.2) is 5.82 Å². The van der Waals surface area contributed by atoms with E-state index in [-0.39, 0.29) is 17.3 Å². The fourth-order valence-corrected chi connectivity index (χ4v) is 1.71. The van der Waals surface area contributed by atoms with E-state index < -0.39 is 5.97 Å². The Bertz CT molecular complexity index is 306. The number of hydrogen-bond donors (Lipinski definition) is 2. The number of aromatic nitrogens is 1. The number of anilines is 1. The van der Waals surface area contributed by atoms with Gasteiger partial charge in [-0.25, -0.2) is 4.79 Å². The fraction of sp³-hybridized carbons (Fsp3) is 0.429. The van der Waals surface area contributed by atoms with Gasteiger partial charge >= 0.3 is 5.97 Å². The molecule has 0 saturated carbocycles. The number of nitrogen functional groups attached to an aromatic ring is 1. The minimum atomic E-state index is -0.995. The van der Waals surface area contributed by atoms with Crippen LogP contribution in [0.2, 0.25) is 0 Å². The average molecular weight is 186 g/mol. The molecule has 0 amide bonds. The van der Waals surface area contributed by atoms with Crippen molar-refractivity contribution in [3.8, 4) is 0 Å². The van der Waals surface area contributed by atoms with Crippen LogP contribution in [0.25, 0.3) is 0 Å². The molecular weight excluding hydrogens is 176 g/mol. The largest absolute Gasteiger partial charge is 0.478 e. The maximum Gasteiger partial charge on any atom is 0.340 e. The highest BCUT2D eigenvalue weighted by molar-refractivity contribution is 7.06. The number of nitrogens with two attached hydrogens (primary N) is 1. The van der Waals surface area contributed by atoms with E-state index in [1.165, 1.54) is 0 Å². The molecule has 0 aliphatic carbocycles. The van der Waals surface area contributed by atoms with E-state index in [9.17, 15) is 4.79 Å². The number of rotatable bonds is 2. The standard InChI is InChI=1S/C7H10N2O2S/c1-3(2)5-4(7(10)11)6(8)9-12-5/h3H,1-2H3,(H2,8,9)(H,10,11). The highest BCUT2D eigenvalue weighted by Gasteiger charge is 2.19. The molecule has 12 heavy (non-hydrogen) atoms. The highest BCUT2D eigenvalue weighted by atomic mass is 32.1. The van der Waals surface area contributed by atoms with Crippen LogP contribution in [0.3, 0.4) is 0 Å². The van der Waals surface area contributed by atoms with Crippen LogP contribution < -0.4 is 5.73 Å². The number of carbonyl (C=O) groups is 1. The van der Waals surface area contributed by atoms with Crippen LogP contribution in [0.15, 0.2) is 0 Å². The van der Waals surface area contributed by atoms with Crippen LogP contribution in [0.4, 0.5) is 5.82 Å². The van der Waals surface area contributed by atoms with Gasteiger partial charge in [0, 0.05) is 4.88 Å². The Kier molecular flexibility index (Phi) is 2.32. The third kappa shape index (κ3) is 1.40. The summed E-state index contributed by atoms with van der Waals surface area (Å²) in [5, 5.41) is 8.77. The minimum absolute atomic E-state index is 0.121. The van der Waals surface area contributed by atoms with Crippen molar-refractivity contribution in [2.24, 2.45) is 0 Å². The van der Waals surface area contributed by atoms with Crippen LogP contribution in [0.1, 0.15) is 35.0 Å². The first-order valence-electron chi connectivity index (χ1n) is 3.52. The molecule has 3 N–H and O–H groups in total. The molecule has 1 rings (SSSR count). The Balaban J connectivity index is 3.21. The first-order valence-corrected chi connectivity index (χ1v) is 4.29. The summed E-state index contributed by atoms with van der Waals surface area (Å²) in [4.78, 5) is 11.4. The van der Waals surface area contributed by atoms with Gasteiger partial charge in [-0.15, -0.1) is 0 Å². The van der Waals surface area contributed by atoms with Gasteiger partial charge in [0.2, 0.25) is 0 Å².